The van der Waals surface area contributed by atoms with Crippen LogP contribution >= 0.6 is 11.8 Å². The van der Waals surface area contributed by atoms with Gasteiger partial charge in [0.05, 0.1) is 0 Å². The Labute approximate surface area is 144 Å². The summed E-state index contributed by atoms with van der Waals surface area (Å²) in [5, 5.41) is 0.852. The van der Waals surface area contributed by atoms with Crippen molar-refractivity contribution in [3.8, 4) is 0 Å². The molecule has 21 heavy (non-hydrogen) atoms. The van der Waals surface area contributed by atoms with E-state index in [0.29, 0.717) is 0 Å². The molecular weight excluding hydrogens is 272 g/mol. The van der Waals surface area contributed by atoms with Gasteiger partial charge in [-0.2, -0.15) is 11.8 Å². The third-order valence-corrected chi connectivity index (χ3v) is 5.19. The van der Waals surface area contributed by atoms with Gasteiger partial charge in [-0.1, -0.05) is 96.4 Å². The molecule has 0 spiro atoms. The number of rotatable bonds is 6. The first-order valence-electron chi connectivity index (χ1n) is 8.33. The van der Waals surface area contributed by atoms with Gasteiger partial charge in [0.1, 0.15) is 0 Å². The second-order valence-corrected chi connectivity index (χ2v) is 7.30. The molecule has 0 aliphatic rings. The van der Waals surface area contributed by atoms with Crippen LogP contribution in [0.4, 0.5) is 0 Å². The van der Waals surface area contributed by atoms with E-state index in [2.05, 4.69) is 68.6 Å². The molecule has 0 saturated carbocycles. The molecule has 0 radical (unpaired) electrons. The minimum Gasteiger partial charge on any atom is -0.162 e. The number of thioether (sulfide) groups is 1. The summed E-state index contributed by atoms with van der Waals surface area (Å²) in [6.07, 6.45) is 7.40. The Hall–Kier alpha value is 0.350. The van der Waals surface area contributed by atoms with Gasteiger partial charge < -0.3 is 0 Å². The quantitative estimate of drug-likeness (QED) is 0.472. The third-order valence-electron chi connectivity index (χ3n) is 4.05. The fourth-order valence-electron chi connectivity index (χ4n) is 0.971. The van der Waals surface area contributed by atoms with Crippen molar-refractivity contribution >= 4 is 11.8 Å². The van der Waals surface area contributed by atoms with Crippen LogP contribution in [0.15, 0.2) is 0 Å². The summed E-state index contributed by atoms with van der Waals surface area (Å²) in [5.41, 5.74) is 0. The molecule has 0 aromatic carbocycles. The van der Waals surface area contributed by atoms with Crippen LogP contribution in [0.3, 0.4) is 0 Å². The Morgan fingerprint density at radius 1 is 0.619 bits per heavy atom. The molecule has 136 valence electrons. The molecule has 0 N–H and O–H groups in total. The molecule has 3 unspecified atom stereocenters. The van der Waals surface area contributed by atoms with Crippen LogP contribution in [-0.2, 0) is 0 Å². The van der Waals surface area contributed by atoms with Crippen LogP contribution in [0, 0.1) is 17.8 Å². The van der Waals surface area contributed by atoms with Crippen molar-refractivity contribution in [1.29, 1.82) is 0 Å². The predicted molar refractivity (Wildman–Crippen MR) is 111 cm³/mol. The van der Waals surface area contributed by atoms with E-state index in [0.717, 1.165) is 23.0 Å². The Kier molecular flexibility index (Phi) is 39.9. The molecule has 3 atom stereocenters. The molecule has 0 rings (SSSR count). The molecule has 0 saturated heterocycles. The largest absolute Gasteiger partial charge is 0.162 e. The van der Waals surface area contributed by atoms with Crippen LogP contribution in [0.25, 0.3) is 0 Å². The minimum absolute atomic E-state index is 0. The maximum absolute atomic E-state index is 2.33. The van der Waals surface area contributed by atoms with Crippen molar-refractivity contribution in [3.63, 3.8) is 0 Å². The summed E-state index contributed by atoms with van der Waals surface area (Å²) >= 11 is 1.92. The summed E-state index contributed by atoms with van der Waals surface area (Å²) < 4.78 is 0. The average molecular weight is 323 g/mol. The highest BCUT2D eigenvalue weighted by Crippen LogP contribution is 2.16. The summed E-state index contributed by atoms with van der Waals surface area (Å²) in [6, 6.07) is 0. The summed E-state index contributed by atoms with van der Waals surface area (Å²) in [4.78, 5) is 0. The van der Waals surface area contributed by atoms with Gasteiger partial charge in [0, 0.05) is 5.25 Å². The molecule has 0 fully saturated rings. The van der Waals surface area contributed by atoms with E-state index < -0.39 is 0 Å². The van der Waals surface area contributed by atoms with E-state index in [9.17, 15) is 0 Å². The van der Waals surface area contributed by atoms with E-state index in [1.54, 1.807) is 0 Å². The smallest absolute Gasteiger partial charge is 0.00133 e. The van der Waals surface area contributed by atoms with Gasteiger partial charge in [0.25, 0.3) is 0 Å². The van der Waals surface area contributed by atoms with Gasteiger partial charge in [0.2, 0.25) is 0 Å². The lowest BCUT2D eigenvalue weighted by molar-refractivity contribution is 0.367. The number of hydrogen-bond donors (Lipinski definition) is 0. The van der Waals surface area contributed by atoms with Crippen LogP contribution in [0.5, 0.6) is 0 Å². The van der Waals surface area contributed by atoms with E-state index in [-0.39, 0.29) is 14.9 Å². The fraction of sp³-hybridized carbons (Fsp3) is 1.00. The second-order valence-electron chi connectivity index (χ2n) is 6.03. The van der Waals surface area contributed by atoms with E-state index in [1.807, 2.05) is 11.8 Å². The molecule has 1 heteroatoms. The standard InChI is InChI=1S/C8H18.C5H12S.C5H12.2CH4/c1-5-7(3)8(4)6-2;1-4-5(2)6-3;1-4-5(2)3;;/h7-8H,5-6H2,1-4H3;5H,4H2,1-3H3;5H,4H2,1-3H3;2*1H4. The lowest BCUT2D eigenvalue weighted by atomic mass is 9.92. The van der Waals surface area contributed by atoms with Crippen molar-refractivity contribution in [2.75, 3.05) is 6.26 Å². The molecule has 0 heterocycles. The van der Waals surface area contributed by atoms with Crippen LogP contribution in [0.1, 0.15) is 103 Å². The zero-order valence-electron chi connectivity index (χ0n) is 15.5. The average Bonchev–Trinajstić information content (AvgIpc) is 2.45. The zero-order chi connectivity index (χ0) is 15.8. The van der Waals surface area contributed by atoms with Crippen LogP contribution in [0.2, 0.25) is 0 Å². The van der Waals surface area contributed by atoms with Crippen molar-refractivity contribution in [2.24, 2.45) is 17.8 Å². The lowest BCUT2D eigenvalue weighted by Crippen LogP contribution is -2.04. The predicted octanol–water partition coefficient (Wildman–Crippen LogP) is 8.55. The van der Waals surface area contributed by atoms with Gasteiger partial charge in [-0.15, -0.1) is 0 Å². The Morgan fingerprint density at radius 2 is 0.905 bits per heavy atom. The topological polar surface area (TPSA) is 0 Å². The molecule has 0 amide bonds. The maximum atomic E-state index is 2.33. The molecule has 0 aromatic rings. The van der Waals surface area contributed by atoms with E-state index in [4.69, 9.17) is 0 Å². The van der Waals surface area contributed by atoms with Gasteiger partial charge >= 0.3 is 0 Å². The Bertz CT molecular complexity index is 131. The van der Waals surface area contributed by atoms with Crippen molar-refractivity contribution < 1.29 is 0 Å². The minimum atomic E-state index is 0. The van der Waals surface area contributed by atoms with E-state index >= 15 is 0 Å². The summed E-state index contributed by atoms with van der Waals surface area (Å²) in [6.45, 7) is 20.3. The molecule has 0 bridgehead atoms. The lowest BCUT2D eigenvalue weighted by Gasteiger charge is -2.14. The van der Waals surface area contributed by atoms with Gasteiger partial charge in [-0.05, 0) is 30.4 Å². The Morgan fingerprint density at radius 3 is 0.952 bits per heavy atom. The first-order chi connectivity index (χ1) is 8.80. The van der Waals surface area contributed by atoms with Gasteiger partial charge in [-0.25, -0.2) is 0 Å². The first-order valence-corrected chi connectivity index (χ1v) is 9.61. The summed E-state index contributed by atoms with van der Waals surface area (Å²) in [7, 11) is 0. The molecule has 0 aliphatic carbocycles. The SMILES string of the molecule is C.C.CCC(C)C.CCC(C)C(C)CC.CCC(C)SC. The summed E-state index contributed by atoms with van der Waals surface area (Å²) in [5.74, 6) is 2.72. The molecular formula is C20H50S. The Balaban J connectivity index is -0.0000000598. The van der Waals surface area contributed by atoms with Gasteiger partial charge in [0.15, 0.2) is 0 Å². The molecule has 0 aromatic heterocycles. The second kappa shape index (κ2) is 25.3. The first kappa shape index (κ1) is 33.1. The van der Waals surface area contributed by atoms with Crippen LogP contribution < -0.4 is 0 Å². The van der Waals surface area contributed by atoms with Crippen LogP contribution in [-0.4, -0.2) is 11.5 Å². The fourth-order valence-corrected chi connectivity index (χ4v) is 1.30. The van der Waals surface area contributed by atoms with Crippen molar-refractivity contribution in [3.05, 3.63) is 0 Å². The highest BCUT2D eigenvalue weighted by molar-refractivity contribution is 7.99. The monoisotopic (exact) mass is 322 g/mol. The third kappa shape index (κ3) is 33.3. The maximum Gasteiger partial charge on any atom is 0.00133 e. The van der Waals surface area contributed by atoms with Crippen molar-refractivity contribution in [1.82, 2.24) is 0 Å². The van der Waals surface area contributed by atoms with Gasteiger partial charge in [-0.3, -0.25) is 0 Å². The van der Waals surface area contributed by atoms with E-state index in [1.165, 1.54) is 25.7 Å². The highest BCUT2D eigenvalue weighted by Gasteiger charge is 2.05. The number of hydrogen-bond acceptors (Lipinski definition) is 1. The zero-order valence-corrected chi connectivity index (χ0v) is 16.4. The van der Waals surface area contributed by atoms with Crippen molar-refractivity contribution in [2.45, 2.75) is 108 Å². The highest BCUT2D eigenvalue weighted by atomic mass is 32.2. The molecule has 0 nitrogen and oxygen atoms in total. The molecule has 0 aliphatic heterocycles. The normalized spacial score (nSPS) is 13.3.